The van der Waals surface area contributed by atoms with Crippen LogP contribution < -0.4 is 14.8 Å². The van der Waals surface area contributed by atoms with Gasteiger partial charge in [0.25, 0.3) is 5.91 Å². The normalized spacial score (nSPS) is 18.0. The number of aryl methyl sites for hydroxylation is 1. The number of nitrogens with one attached hydrogen (secondary N) is 2. The Bertz CT molecular complexity index is 1030. The molecule has 2 aliphatic rings. The highest BCUT2D eigenvalue weighted by atomic mass is 35.5. The lowest BCUT2D eigenvalue weighted by molar-refractivity contribution is 0.0933. The highest BCUT2D eigenvalue weighted by Gasteiger charge is 2.25. The van der Waals surface area contributed by atoms with Crippen LogP contribution in [0.15, 0.2) is 36.4 Å². The topological polar surface area (TPSA) is 63.4 Å². The van der Waals surface area contributed by atoms with Crippen molar-refractivity contribution in [2.24, 2.45) is 0 Å². The molecule has 1 amide bonds. The van der Waals surface area contributed by atoms with Gasteiger partial charge in [-0.2, -0.15) is 0 Å². The Balaban J connectivity index is 1.36. The average molecular weight is 369 g/mol. The maximum absolute atomic E-state index is 12.6. The number of aromatic nitrogens is 1. The first-order valence-electron chi connectivity index (χ1n) is 8.67. The smallest absolute Gasteiger partial charge is 0.251 e. The van der Waals surface area contributed by atoms with Gasteiger partial charge in [0, 0.05) is 33.2 Å². The van der Waals surface area contributed by atoms with Crippen molar-refractivity contribution in [1.29, 1.82) is 0 Å². The van der Waals surface area contributed by atoms with Gasteiger partial charge < -0.3 is 19.8 Å². The molecule has 26 heavy (non-hydrogen) atoms. The Labute approximate surface area is 155 Å². The summed E-state index contributed by atoms with van der Waals surface area (Å²) < 4.78 is 10.7. The summed E-state index contributed by atoms with van der Waals surface area (Å²) in [7, 11) is 0. The van der Waals surface area contributed by atoms with Gasteiger partial charge in [0.2, 0.25) is 6.79 Å². The fraction of sp³-hybridized carbons (Fsp3) is 0.250. The summed E-state index contributed by atoms with van der Waals surface area (Å²) >= 11 is 6.09. The van der Waals surface area contributed by atoms with Crippen LogP contribution in [0.2, 0.25) is 5.02 Å². The van der Waals surface area contributed by atoms with E-state index in [0.717, 1.165) is 29.8 Å². The third-order valence-electron chi connectivity index (χ3n) is 5.12. The quantitative estimate of drug-likeness (QED) is 0.722. The van der Waals surface area contributed by atoms with Crippen molar-refractivity contribution < 1.29 is 14.3 Å². The van der Waals surface area contributed by atoms with E-state index in [-0.39, 0.29) is 18.7 Å². The molecule has 132 valence electrons. The first kappa shape index (κ1) is 15.6. The SMILES string of the molecule is O=C(NC1CCc2[nH]c3cc(Cl)ccc3c2C1)c1ccc2c(c1)OCO2. The maximum atomic E-state index is 12.6. The van der Waals surface area contributed by atoms with Crippen molar-refractivity contribution >= 4 is 28.4 Å². The Morgan fingerprint density at radius 2 is 2.04 bits per heavy atom. The molecule has 0 radical (unpaired) electrons. The first-order valence-corrected chi connectivity index (χ1v) is 9.05. The Morgan fingerprint density at radius 3 is 2.96 bits per heavy atom. The molecule has 0 spiro atoms. The zero-order valence-electron chi connectivity index (χ0n) is 14.0. The molecule has 1 aliphatic carbocycles. The molecule has 1 atom stereocenters. The van der Waals surface area contributed by atoms with Gasteiger partial charge >= 0.3 is 0 Å². The van der Waals surface area contributed by atoms with Crippen LogP contribution in [0.4, 0.5) is 0 Å². The number of hydrogen-bond acceptors (Lipinski definition) is 3. The molecule has 5 rings (SSSR count). The predicted octanol–water partition coefficient (Wildman–Crippen LogP) is 3.84. The van der Waals surface area contributed by atoms with E-state index in [1.54, 1.807) is 18.2 Å². The van der Waals surface area contributed by atoms with Crippen LogP contribution in [-0.4, -0.2) is 23.7 Å². The summed E-state index contributed by atoms with van der Waals surface area (Å²) in [5.41, 5.74) is 4.17. The van der Waals surface area contributed by atoms with E-state index in [1.165, 1.54) is 16.6 Å². The molecule has 1 unspecified atom stereocenters. The fourth-order valence-corrected chi connectivity index (χ4v) is 4.00. The molecule has 0 fully saturated rings. The van der Waals surface area contributed by atoms with Gasteiger partial charge in [-0.25, -0.2) is 0 Å². The van der Waals surface area contributed by atoms with Crippen molar-refractivity contribution in [3.05, 3.63) is 58.2 Å². The number of benzene rings is 2. The zero-order valence-corrected chi connectivity index (χ0v) is 14.7. The van der Waals surface area contributed by atoms with Crippen LogP contribution in [0, 0.1) is 0 Å². The minimum atomic E-state index is -0.0837. The van der Waals surface area contributed by atoms with Crippen molar-refractivity contribution in [2.45, 2.75) is 25.3 Å². The third-order valence-corrected chi connectivity index (χ3v) is 5.35. The van der Waals surface area contributed by atoms with E-state index in [0.29, 0.717) is 17.1 Å². The van der Waals surface area contributed by atoms with E-state index in [1.807, 2.05) is 12.1 Å². The molecule has 2 N–H and O–H groups in total. The van der Waals surface area contributed by atoms with E-state index in [9.17, 15) is 4.79 Å². The van der Waals surface area contributed by atoms with Crippen LogP contribution >= 0.6 is 11.6 Å². The summed E-state index contributed by atoms with van der Waals surface area (Å²) in [5.74, 6) is 1.22. The summed E-state index contributed by atoms with van der Waals surface area (Å²) in [6, 6.07) is 11.3. The van der Waals surface area contributed by atoms with Crippen molar-refractivity contribution in [3.8, 4) is 11.5 Å². The van der Waals surface area contributed by atoms with E-state index >= 15 is 0 Å². The fourth-order valence-electron chi connectivity index (χ4n) is 3.83. The highest BCUT2D eigenvalue weighted by molar-refractivity contribution is 6.31. The van der Waals surface area contributed by atoms with Crippen LogP contribution in [-0.2, 0) is 12.8 Å². The third kappa shape index (κ3) is 2.59. The van der Waals surface area contributed by atoms with Gasteiger partial charge in [0.05, 0.1) is 0 Å². The monoisotopic (exact) mass is 368 g/mol. The maximum Gasteiger partial charge on any atom is 0.251 e. The second-order valence-electron chi connectivity index (χ2n) is 6.75. The predicted molar refractivity (Wildman–Crippen MR) is 99.2 cm³/mol. The van der Waals surface area contributed by atoms with E-state index in [4.69, 9.17) is 21.1 Å². The van der Waals surface area contributed by atoms with Crippen molar-refractivity contribution in [1.82, 2.24) is 10.3 Å². The Hall–Kier alpha value is -2.66. The van der Waals surface area contributed by atoms with Crippen molar-refractivity contribution in [3.63, 3.8) is 0 Å². The van der Waals surface area contributed by atoms with Gasteiger partial charge in [0.1, 0.15) is 0 Å². The summed E-state index contributed by atoms with van der Waals surface area (Å²) in [4.78, 5) is 16.1. The molecule has 2 aromatic carbocycles. The largest absolute Gasteiger partial charge is 0.454 e. The number of aromatic amines is 1. The van der Waals surface area contributed by atoms with Crippen LogP contribution in [0.3, 0.4) is 0 Å². The Morgan fingerprint density at radius 1 is 1.15 bits per heavy atom. The molecule has 1 aromatic heterocycles. The summed E-state index contributed by atoms with van der Waals surface area (Å²) in [6.07, 6.45) is 2.63. The number of ether oxygens (including phenoxy) is 2. The number of halogens is 1. The van der Waals surface area contributed by atoms with E-state index < -0.39 is 0 Å². The van der Waals surface area contributed by atoms with Gasteiger partial charge in [-0.15, -0.1) is 0 Å². The Kier molecular flexibility index (Phi) is 3.57. The summed E-state index contributed by atoms with van der Waals surface area (Å²) in [5, 5.41) is 5.07. The first-order chi connectivity index (χ1) is 12.7. The lowest BCUT2D eigenvalue weighted by Gasteiger charge is -2.23. The number of hydrogen-bond donors (Lipinski definition) is 2. The second-order valence-corrected chi connectivity index (χ2v) is 7.19. The second kappa shape index (κ2) is 5.95. The molecule has 0 bridgehead atoms. The minimum Gasteiger partial charge on any atom is -0.454 e. The lowest BCUT2D eigenvalue weighted by Crippen LogP contribution is -2.38. The van der Waals surface area contributed by atoms with E-state index in [2.05, 4.69) is 16.4 Å². The zero-order chi connectivity index (χ0) is 17.7. The molecule has 0 saturated carbocycles. The van der Waals surface area contributed by atoms with Gasteiger partial charge in [-0.1, -0.05) is 17.7 Å². The van der Waals surface area contributed by atoms with Crippen LogP contribution in [0.1, 0.15) is 28.0 Å². The van der Waals surface area contributed by atoms with Crippen LogP contribution in [0.5, 0.6) is 11.5 Å². The average Bonchev–Trinajstić information content (AvgIpc) is 3.24. The molecule has 0 saturated heterocycles. The van der Waals surface area contributed by atoms with Gasteiger partial charge in [-0.05, 0) is 55.2 Å². The van der Waals surface area contributed by atoms with Crippen LogP contribution in [0.25, 0.3) is 10.9 Å². The lowest BCUT2D eigenvalue weighted by atomic mass is 9.91. The summed E-state index contributed by atoms with van der Waals surface area (Å²) in [6.45, 7) is 0.205. The van der Waals surface area contributed by atoms with Gasteiger partial charge in [-0.3, -0.25) is 4.79 Å². The number of carbonyl (C=O) groups excluding carboxylic acids is 1. The standard InChI is InChI=1S/C20H17ClN2O3/c21-12-2-4-14-15-9-13(3-5-16(15)23-17(14)8-12)22-20(24)11-1-6-18-19(7-11)26-10-25-18/h1-2,4,6-8,13,23H,3,5,9-10H2,(H,22,24). The number of carbonyl (C=O) groups is 1. The molecule has 6 heteroatoms. The number of fused-ring (bicyclic) bond motifs is 4. The van der Waals surface area contributed by atoms with Crippen molar-refractivity contribution in [2.75, 3.05) is 6.79 Å². The highest BCUT2D eigenvalue weighted by Crippen LogP contribution is 2.33. The molecule has 2 heterocycles. The molecular formula is C20H17ClN2O3. The number of amides is 1. The molecule has 1 aliphatic heterocycles. The molecule has 5 nitrogen and oxygen atoms in total. The minimum absolute atomic E-state index is 0.0837. The number of rotatable bonds is 2. The molecular weight excluding hydrogens is 352 g/mol. The number of H-pyrrole nitrogens is 1. The molecule has 3 aromatic rings. The van der Waals surface area contributed by atoms with Gasteiger partial charge in [0.15, 0.2) is 11.5 Å².